The lowest BCUT2D eigenvalue weighted by Crippen LogP contribution is -2.24. The van der Waals surface area contributed by atoms with E-state index >= 15 is 0 Å². The predicted molar refractivity (Wildman–Crippen MR) is 87.4 cm³/mol. The van der Waals surface area contributed by atoms with Crippen LogP contribution in [0.1, 0.15) is 11.1 Å². The summed E-state index contributed by atoms with van der Waals surface area (Å²) in [4.78, 5) is 23.4. The maximum atomic E-state index is 11.8. The van der Waals surface area contributed by atoms with Gasteiger partial charge < -0.3 is 14.8 Å². The molecular weight excluding hydrogens is 294 g/mol. The number of carbonyl (C=O) groups excluding carboxylic acids is 2. The number of hydrogen-bond acceptors (Lipinski definition) is 4. The Morgan fingerprint density at radius 2 is 1.57 bits per heavy atom. The van der Waals surface area contributed by atoms with Crippen molar-refractivity contribution in [3.63, 3.8) is 0 Å². The van der Waals surface area contributed by atoms with Crippen molar-refractivity contribution in [3.8, 4) is 5.75 Å². The molecule has 120 valence electrons. The van der Waals surface area contributed by atoms with Gasteiger partial charge in [-0.05, 0) is 37.1 Å². The number of esters is 1. The lowest BCUT2D eigenvalue weighted by atomic mass is 10.2. The number of nitrogens with one attached hydrogen (secondary N) is 1. The Kier molecular flexibility index (Phi) is 5.74. The number of hydrogen-bond donors (Lipinski definition) is 1. The first-order valence-electron chi connectivity index (χ1n) is 7.26. The lowest BCUT2D eigenvalue weighted by Gasteiger charge is -2.10. The van der Waals surface area contributed by atoms with Crippen molar-refractivity contribution in [1.29, 1.82) is 0 Å². The van der Waals surface area contributed by atoms with Crippen molar-refractivity contribution in [3.05, 3.63) is 59.7 Å². The molecule has 0 spiro atoms. The molecule has 0 saturated carbocycles. The highest BCUT2D eigenvalue weighted by molar-refractivity contribution is 5.93. The van der Waals surface area contributed by atoms with Crippen LogP contribution in [-0.2, 0) is 14.3 Å². The van der Waals surface area contributed by atoms with E-state index in [-0.39, 0.29) is 19.1 Å². The Balaban J connectivity index is 1.75. The van der Waals surface area contributed by atoms with E-state index in [2.05, 4.69) is 5.32 Å². The van der Waals surface area contributed by atoms with Gasteiger partial charge in [-0.1, -0.05) is 36.4 Å². The monoisotopic (exact) mass is 313 g/mol. The average molecular weight is 313 g/mol. The molecule has 1 N–H and O–H groups in total. The van der Waals surface area contributed by atoms with Gasteiger partial charge in [0.1, 0.15) is 5.75 Å². The third kappa shape index (κ3) is 5.14. The third-order valence-corrected chi connectivity index (χ3v) is 3.22. The number of anilines is 1. The first-order valence-corrected chi connectivity index (χ1v) is 7.26. The number of benzene rings is 2. The van der Waals surface area contributed by atoms with Crippen LogP contribution in [0.25, 0.3) is 0 Å². The van der Waals surface area contributed by atoms with Crippen LogP contribution in [0.2, 0.25) is 0 Å². The van der Waals surface area contributed by atoms with Crippen LogP contribution in [0, 0.1) is 13.8 Å². The number of para-hydroxylation sites is 2. The maximum Gasteiger partial charge on any atom is 0.344 e. The van der Waals surface area contributed by atoms with E-state index in [1.807, 2.05) is 50.2 Å². The Morgan fingerprint density at radius 1 is 0.913 bits per heavy atom. The van der Waals surface area contributed by atoms with Gasteiger partial charge in [0.05, 0.1) is 0 Å². The van der Waals surface area contributed by atoms with Crippen molar-refractivity contribution in [1.82, 2.24) is 0 Å². The smallest absolute Gasteiger partial charge is 0.344 e. The zero-order chi connectivity index (χ0) is 16.7. The fourth-order valence-electron chi connectivity index (χ4n) is 1.94. The van der Waals surface area contributed by atoms with E-state index in [1.54, 1.807) is 12.1 Å². The highest BCUT2D eigenvalue weighted by Crippen LogP contribution is 2.16. The van der Waals surface area contributed by atoms with Gasteiger partial charge in [-0.15, -0.1) is 0 Å². The fraction of sp³-hybridized carbons (Fsp3) is 0.222. The van der Waals surface area contributed by atoms with E-state index in [0.29, 0.717) is 11.4 Å². The van der Waals surface area contributed by atoms with E-state index in [1.165, 1.54) is 0 Å². The fourth-order valence-corrected chi connectivity index (χ4v) is 1.94. The molecule has 0 unspecified atom stereocenters. The summed E-state index contributed by atoms with van der Waals surface area (Å²) in [5, 5.41) is 2.69. The topological polar surface area (TPSA) is 64.6 Å². The summed E-state index contributed by atoms with van der Waals surface area (Å²) in [6, 6.07) is 14.7. The average Bonchev–Trinajstić information content (AvgIpc) is 2.54. The van der Waals surface area contributed by atoms with Crippen LogP contribution in [-0.4, -0.2) is 25.1 Å². The zero-order valence-electron chi connectivity index (χ0n) is 13.2. The Labute approximate surface area is 135 Å². The Bertz CT molecular complexity index is 697. The summed E-state index contributed by atoms with van der Waals surface area (Å²) in [6.07, 6.45) is 0. The molecule has 1 amide bonds. The standard InChI is InChI=1S/C18H19NO4/c1-13-7-3-5-9-15(13)19-17(20)11-23-18(21)12-22-16-10-6-4-8-14(16)2/h3-10H,11-12H2,1-2H3,(H,19,20). The Morgan fingerprint density at radius 3 is 2.26 bits per heavy atom. The van der Waals surface area contributed by atoms with Crippen LogP contribution in [0.5, 0.6) is 5.75 Å². The molecule has 23 heavy (non-hydrogen) atoms. The van der Waals surface area contributed by atoms with Crippen LogP contribution in [0.4, 0.5) is 5.69 Å². The second-order valence-electron chi connectivity index (χ2n) is 5.08. The van der Waals surface area contributed by atoms with Gasteiger partial charge in [0, 0.05) is 5.69 Å². The summed E-state index contributed by atoms with van der Waals surface area (Å²) in [5.41, 5.74) is 2.57. The third-order valence-electron chi connectivity index (χ3n) is 3.22. The van der Waals surface area contributed by atoms with Crippen molar-refractivity contribution in [2.24, 2.45) is 0 Å². The molecule has 2 aromatic carbocycles. The second kappa shape index (κ2) is 7.98. The summed E-state index contributed by atoms with van der Waals surface area (Å²) >= 11 is 0. The molecular formula is C18H19NO4. The highest BCUT2D eigenvalue weighted by Gasteiger charge is 2.10. The SMILES string of the molecule is Cc1ccccc1NC(=O)COC(=O)COc1ccccc1C. The maximum absolute atomic E-state index is 11.8. The van der Waals surface area contributed by atoms with Crippen molar-refractivity contribution in [2.75, 3.05) is 18.5 Å². The molecule has 5 heteroatoms. The summed E-state index contributed by atoms with van der Waals surface area (Å²) < 4.78 is 10.3. The molecule has 0 aliphatic rings. The summed E-state index contributed by atoms with van der Waals surface area (Å²) in [6.45, 7) is 3.20. The first-order chi connectivity index (χ1) is 11.1. The van der Waals surface area contributed by atoms with Crippen LogP contribution >= 0.6 is 0 Å². The van der Waals surface area contributed by atoms with Gasteiger partial charge in [0.15, 0.2) is 13.2 Å². The van der Waals surface area contributed by atoms with Crippen LogP contribution in [0.3, 0.4) is 0 Å². The molecule has 0 radical (unpaired) electrons. The number of amides is 1. The molecule has 0 fully saturated rings. The largest absolute Gasteiger partial charge is 0.482 e. The molecule has 2 rings (SSSR count). The zero-order valence-corrected chi connectivity index (χ0v) is 13.2. The first kappa shape index (κ1) is 16.5. The molecule has 0 atom stereocenters. The van der Waals surface area contributed by atoms with Crippen molar-refractivity contribution in [2.45, 2.75) is 13.8 Å². The Hall–Kier alpha value is -2.82. The van der Waals surface area contributed by atoms with E-state index in [0.717, 1.165) is 11.1 Å². The van der Waals surface area contributed by atoms with E-state index in [4.69, 9.17) is 9.47 Å². The molecule has 0 bridgehead atoms. The molecule has 0 aliphatic heterocycles. The van der Waals surface area contributed by atoms with Crippen LogP contribution < -0.4 is 10.1 Å². The number of rotatable bonds is 6. The summed E-state index contributed by atoms with van der Waals surface area (Å²) in [5.74, 6) is -0.356. The van der Waals surface area contributed by atoms with Gasteiger partial charge in [-0.3, -0.25) is 4.79 Å². The minimum absolute atomic E-state index is 0.234. The van der Waals surface area contributed by atoms with Crippen molar-refractivity contribution >= 4 is 17.6 Å². The van der Waals surface area contributed by atoms with Gasteiger partial charge in [0.2, 0.25) is 0 Å². The summed E-state index contributed by atoms with van der Waals surface area (Å²) in [7, 11) is 0. The number of ether oxygens (including phenoxy) is 2. The van der Waals surface area contributed by atoms with Gasteiger partial charge in [0.25, 0.3) is 5.91 Å². The molecule has 0 heterocycles. The minimum atomic E-state index is -0.590. The molecule has 0 aromatic heterocycles. The van der Waals surface area contributed by atoms with Gasteiger partial charge in [-0.2, -0.15) is 0 Å². The molecule has 5 nitrogen and oxygen atoms in total. The predicted octanol–water partition coefficient (Wildman–Crippen LogP) is 2.86. The normalized spacial score (nSPS) is 10.0. The van der Waals surface area contributed by atoms with Gasteiger partial charge in [-0.25, -0.2) is 4.79 Å². The number of carbonyl (C=O) groups is 2. The molecule has 2 aromatic rings. The van der Waals surface area contributed by atoms with Gasteiger partial charge >= 0.3 is 5.97 Å². The van der Waals surface area contributed by atoms with Crippen molar-refractivity contribution < 1.29 is 19.1 Å². The van der Waals surface area contributed by atoms with E-state index < -0.39 is 5.97 Å². The quantitative estimate of drug-likeness (QED) is 0.833. The van der Waals surface area contributed by atoms with Crippen LogP contribution in [0.15, 0.2) is 48.5 Å². The lowest BCUT2D eigenvalue weighted by molar-refractivity contribution is -0.149. The minimum Gasteiger partial charge on any atom is -0.482 e. The second-order valence-corrected chi connectivity index (χ2v) is 5.08. The molecule has 0 saturated heterocycles. The highest BCUT2D eigenvalue weighted by atomic mass is 16.6. The van der Waals surface area contributed by atoms with E-state index in [9.17, 15) is 9.59 Å². The number of aryl methyl sites for hydroxylation is 2. The molecule has 0 aliphatic carbocycles.